The topological polar surface area (TPSA) is 245 Å². The molecule has 0 fully saturated rings. The van der Waals surface area contributed by atoms with Crippen LogP contribution in [-0.4, -0.2) is 127 Å². The third-order valence-electron chi connectivity index (χ3n) is 25.2. The standard InChI is InChI=1S/C32H24N4Si.2C30H22N6Si.C27H21N3Si/c1-5-13-25(14-6-1)31-29(21-33-23-35-31)37(27-17-9-3-10-18-27,28-19-11-4-12-20-28)30-22-34-24-36-32(30)26-15-7-2-8-16-26;1-3-11-25(12-4-1)37(26-13-5-2-6-14-26,27-19-33-21-35-29(27)23-9-7-15-31-17-23)28-20-34-22-36-30(28)24-10-8-16-32-18-24;1-3-11-23(12-4-1)37(24-13-5-2-6-14-24,29-27(33-19-21-35-29)25-15-7-9-17-31-25)30-28(34-20-22-36-30)26-16-8-10-18-32-26;1-4-12-22(13-5-1)31(23-14-6-2-7-15-23,24-16-8-3-9-17-24)27-26(29-20-21-30-27)25-18-10-11-19-28-25/h1-24H;2*1-22H;1-21H. The van der Waals surface area contributed by atoms with Gasteiger partial charge in [0.2, 0.25) is 16.1 Å². The van der Waals surface area contributed by atoms with E-state index in [1.54, 1.807) is 87.3 Å². The molecule has 12 aromatic heterocycles. The number of rotatable bonds is 23. The number of benzene rings is 11. The molecular formula is C119H89N19Si4. The number of hydrogen-bond acceptors (Lipinski definition) is 19. The van der Waals surface area contributed by atoms with Crippen molar-refractivity contribution in [1.29, 1.82) is 0 Å². The second-order valence-corrected chi connectivity index (χ2v) is 47.8. The predicted molar refractivity (Wildman–Crippen MR) is 576 cm³/mol. The number of aromatic nitrogens is 19. The van der Waals surface area contributed by atoms with Crippen LogP contribution in [0.15, 0.2) is 543 Å². The van der Waals surface area contributed by atoms with Crippen LogP contribution in [0.1, 0.15) is 0 Å². The van der Waals surface area contributed by atoms with Crippen molar-refractivity contribution in [2.45, 2.75) is 0 Å². The molecule has 0 radical (unpaired) electrons. The van der Waals surface area contributed by atoms with Crippen LogP contribution in [0.5, 0.6) is 0 Å². The van der Waals surface area contributed by atoms with Crippen molar-refractivity contribution in [2.75, 3.05) is 0 Å². The molecule has 0 atom stereocenters. The molecule has 12 heterocycles. The van der Waals surface area contributed by atoms with Gasteiger partial charge in [-0.25, -0.2) is 39.9 Å². The Hall–Kier alpha value is -18.4. The van der Waals surface area contributed by atoms with Gasteiger partial charge in [-0.05, 0) is 128 Å². The highest BCUT2D eigenvalue weighted by atomic mass is 28.3. The van der Waals surface area contributed by atoms with Gasteiger partial charge in [-0.3, -0.25) is 54.8 Å². The van der Waals surface area contributed by atoms with Gasteiger partial charge in [0.1, 0.15) is 42.4 Å². The highest BCUT2D eigenvalue weighted by Crippen LogP contribution is 2.28. The second-order valence-electron chi connectivity index (χ2n) is 33.1. The monoisotopic (exact) mass is 1900 g/mol. The Balaban J connectivity index is 0.000000116. The van der Waals surface area contributed by atoms with Crippen LogP contribution in [-0.2, 0) is 0 Å². The Morgan fingerprint density at radius 3 is 0.577 bits per heavy atom. The zero-order valence-corrected chi connectivity index (χ0v) is 80.9. The van der Waals surface area contributed by atoms with E-state index in [9.17, 15) is 0 Å². The lowest BCUT2D eigenvalue weighted by molar-refractivity contribution is 1.17. The predicted octanol–water partition coefficient (Wildman–Crippen LogP) is 12.4. The Labute approximate surface area is 826 Å². The van der Waals surface area contributed by atoms with E-state index in [-0.39, 0.29) is 0 Å². The van der Waals surface area contributed by atoms with Crippen LogP contribution in [0.25, 0.3) is 79.2 Å². The first-order valence-corrected chi connectivity index (χ1v) is 54.4. The molecule has 0 unspecified atom stereocenters. The third kappa shape index (κ3) is 18.3. The normalized spacial score (nSPS) is 11.2. The summed E-state index contributed by atoms with van der Waals surface area (Å²) >= 11 is 0. The lowest BCUT2D eigenvalue weighted by atomic mass is 10.1. The molecule has 0 saturated heterocycles. The minimum Gasteiger partial charge on any atom is -0.264 e. The van der Waals surface area contributed by atoms with Gasteiger partial charge < -0.3 is 0 Å². The van der Waals surface area contributed by atoms with Crippen molar-refractivity contribution in [1.82, 2.24) is 94.7 Å². The molecule has 0 aliphatic rings. The van der Waals surface area contributed by atoms with Crippen molar-refractivity contribution in [2.24, 2.45) is 0 Å². The third-order valence-corrected chi connectivity index (χ3v) is 43.9. The molecule has 11 aromatic carbocycles. The van der Waals surface area contributed by atoms with Crippen LogP contribution in [0.3, 0.4) is 0 Å². The zero-order chi connectivity index (χ0) is 95.7. The second kappa shape index (κ2) is 43.7. The number of nitrogens with zero attached hydrogens (tertiary/aromatic N) is 19. The van der Waals surface area contributed by atoms with Crippen molar-refractivity contribution < 1.29 is 0 Å². The molecule has 23 rings (SSSR count). The molecule has 0 saturated carbocycles. The zero-order valence-electron chi connectivity index (χ0n) is 76.9. The van der Waals surface area contributed by atoms with E-state index in [0.717, 1.165) is 126 Å². The van der Waals surface area contributed by atoms with Gasteiger partial charge in [0.05, 0.1) is 55.8 Å². The number of pyridine rings is 5. The molecule has 676 valence electrons. The molecule has 23 aromatic rings. The SMILES string of the molecule is c1ccc(-c2ncncc2[Si](c2ccccc2)(c2ccccc2)c2cncnc2-c2ccccc2)cc1.c1ccc([Si](c2ccccc2)(c2ccccc2)c2nccnc2-c2ccccn2)cc1.c1ccc([Si](c2ccccc2)(c2cncnc2-c2cccnc2)c2cncnc2-c2cccnc2)cc1.c1ccc([Si](c2ccccc2)(c2nccnc2-c2ccccn2)c2nccnc2-c2ccccn2)cc1. The fraction of sp³-hybridized carbons (Fsp3) is 0. The molecule has 19 nitrogen and oxygen atoms in total. The van der Waals surface area contributed by atoms with Gasteiger partial charge in [-0.15, -0.1) is 0 Å². The van der Waals surface area contributed by atoms with Crippen LogP contribution >= 0.6 is 0 Å². The summed E-state index contributed by atoms with van der Waals surface area (Å²) in [4.78, 5) is 90.1. The van der Waals surface area contributed by atoms with E-state index in [1.807, 2.05) is 159 Å². The Bertz CT molecular complexity index is 6940. The summed E-state index contributed by atoms with van der Waals surface area (Å²) in [6, 6.07) is 142. The van der Waals surface area contributed by atoms with Gasteiger partial charge in [0.15, 0.2) is 16.1 Å². The maximum absolute atomic E-state index is 5.06. The van der Waals surface area contributed by atoms with E-state index in [2.05, 4.69) is 342 Å². The van der Waals surface area contributed by atoms with Gasteiger partial charge in [0, 0.05) is 128 Å². The van der Waals surface area contributed by atoms with E-state index in [0.29, 0.717) is 0 Å². The van der Waals surface area contributed by atoms with Crippen molar-refractivity contribution >= 4 is 116 Å². The van der Waals surface area contributed by atoms with Crippen molar-refractivity contribution in [3.8, 4) is 79.2 Å². The van der Waals surface area contributed by atoms with Crippen LogP contribution in [0, 0.1) is 0 Å². The maximum Gasteiger partial charge on any atom is 0.229 e. The van der Waals surface area contributed by atoms with E-state index >= 15 is 0 Å². The van der Waals surface area contributed by atoms with Crippen LogP contribution in [0.2, 0.25) is 0 Å². The Morgan fingerprint density at radius 1 is 0.127 bits per heavy atom. The first-order valence-electron chi connectivity index (χ1n) is 46.4. The summed E-state index contributed by atoms with van der Waals surface area (Å²) in [7, 11) is -12.0. The summed E-state index contributed by atoms with van der Waals surface area (Å²) in [6.07, 6.45) is 37.5. The highest BCUT2D eigenvalue weighted by molar-refractivity contribution is 7.22. The molecule has 0 amide bonds. The average Bonchev–Trinajstić information content (AvgIpc) is 0.719. The lowest BCUT2D eigenvalue weighted by Gasteiger charge is -2.35. The molecule has 0 N–H and O–H groups in total. The lowest BCUT2D eigenvalue weighted by Crippen LogP contribution is -2.77. The molecule has 142 heavy (non-hydrogen) atoms. The smallest absolute Gasteiger partial charge is 0.229 e. The summed E-state index contributed by atoms with van der Waals surface area (Å²) in [5.74, 6) is 0. The van der Waals surface area contributed by atoms with Crippen LogP contribution in [0.4, 0.5) is 0 Å². The van der Waals surface area contributed by atoms with Crippen molar-refractivity contribution in [3.63, 3.8) is 0 Å². The quantitative estimate of drug-likeness (QED) is 0.0427. The van der Waals surface area contributed by atoms with E-state index < -0.39 is 32.3 Å². The first-order chi connectivity index (χ1) is 70.6. The van der Waals surface area contributed by atoms with E-state index in [1.165, 1.54) is 36.3 Å². The summed E-state index contributed by atoms with van der Waals surface area (Å²) in [6.45, 7) is 0. The molecule has 0 aliphatic heterocycles. The molecular weight excluding hydrogens is 1810 g/mol. The maximum atomic E-state index is 5.06. The van der Waals surface area contributed by atoms with E-state index in [4.69, 9.17) is 49.8 Å². The highest BCUT2D eigenvalue weighted by Gasteiger charge is 2.52. The summed E-state index contributed by atoms with van der Waals surface area (Å²) in [5, 5.41) is 17.8. The Morgan fingerprint density at radius 2 is 0.338 bits per heavy atom. The van der Waals surface area contributed by atoms with Gasteiger partial charge in [0.25, 0.3) is 0 Å². The minimum atomic E-state index is -3.18. The average molecular weight is 1900 g/mol. The fourth-order valence-electron chi connectivity index (χ4n) is 19.2. The summed E-state index contributed by atoms with van der Waals surface area (Å²) < 4.78 is 0. The van der Waals surface area contributed by atoms with Crippen molar-refractivity contribution in [3.05, 3.63) is 543 Å². The number of hydrogen-bond donors (Lipinski definition) is 0. The van der Waals surface area contributed by atoms with Crippen LogP contribution < -0.4 is 83.4 Å². The van der Waals surface area contributed by atoms with Gasteiger partial charge >= 0.3 is 0 Å². The Kier molecular flexibility index (Phi) is 28.1. The summed E-state index contributed by atoms with van der Waals surface area (Å²) in [5.41, 5.74) is 12.2. The molecule has 0 spiro atoms. The molecule has 23 heteroatoms. The van der Waals surface area contributed by atoms with Gasteiger partial charge in [-0.2, -0.15) is 0 Å². The largest absolute Gasteiger partial charge is 0.264 e. The molecule has 0 aliphatic carbocycles. The molecule has 0 bridgehead atoms. The fourth-order valence-corrected chi connectivity index (χ4v) is 38.5. The van der Waals surface area contributed by atoms with Gasteiger partial charge in [-0.1, -0.05) is 352 Å². The first kappa shape index (κ1) is 91.4. The minimum absolute atomic E-state index is 0.736.